The molecule has 2 nitrogen and oxygen atoms in total. The van der Waals surface area contributed by atoms with E-state index in [0.29, 0.717) is 13.2 Å². The molecule has 0 saturated heterocycles. The Balaban J connectivity index is 2.19. The van der Waals surface area contributed by atoms with E-state index in [0.717, 1.165) is 11.5 Å². The van der Waals surface area contributed by atoms with Crippen LogP contribution in [0.25, 0.3) is 20.2 Å². The maximum atomic E-state index is 5.58. The van der Waals surface area contributed by atoms with Gasteiger partial charge in [-0.25, -0.2) is 0 Å². The van der Waals surface area contributed by atoms with Gasteiger partial charge in [-0.2, -0.15) is 0 Å². The van der Waals surface area contributed by atoms with Crippen LogP contribution in [-0.4, -0.2) is 13.2 Å². The predicted molar refractivity (Wildman–Crippen MR) is 81.7 cm³/mol. The molecule has 1 aromatic heterocycles. The van der Waals surface area contributed by atoms with Gasteiger partial charge in [-0.1, -0.05) is 0 Å². The molecule has 0 fully saturated rings. The topological polar surface area (TPSA) is 18.5 Å². The van der Waals surface area contributed by atoms with Crippen molar-refractivity contribution in [1.29, 1.82) is 0 Å². The molecule has 2 aromatic carbocycles. The Bertz CT molecular complexity index is 655. The summed E-state index contributed by atoms with van der Waals surface area (Å²) in [6.07, 6.45) is 0. The summed E-state index contributed by atoms with van der Waals surface area (Å²) in [6, 6.07) is 12.6. The summed E-state index contributed by atoms with van der Waals surface area (Å²) in [5.41, 5.74) is 0. The summed E-state index contributed by atoms with van der Waals surface area (Å²) in [5, 5.41) is 2.49. The van der Waals surface area contributed by atoms with Crippen LogP contribution in [0.4, 0.5) is 0 Å². The number of benzene rings is 2. The molecule has 0 spiro atoms. The first-order valence-electron chi connectivity index (χ1n) is 6.53. The van der Waals surface area contributed by atoms with E-state index in [1.165, 1.54) is 20.2 Å². The minimum atomic E-state index is 0.692. The van der Waals surface area contributed by atoms with Gasteiger partial charge in [0.25, 0.3) is 0 Å². The van der Waals surface area contributed by atoms with Gasteiger partial charge < -0.3 is 9.47 Å². The van der Waals surface area contributed by atoms with Gasteiger partial charge >= 0.3 is 0 Å². The third-order valence-electron chi connectivity index (χ3n) is 3.03. The van der Waals surface area contributed by atoms with E-state index in [1.807, 2.05) is 26.0 Å². The first kappa shape index (κ1) is 12.3. The molecule has 0 unspecified atom stereocenters. The first-order valence-corrected chi connectivity index (χ1v) is 7.35. The van der Waals surface area contributed by atoms with Crippen molar-refractivity contribution in [3.8, 4) is 11.5 Å². The zero-order chi connectivity index (χ0) is 13.2. The Labute approximate surface area is 116 Å². The molecule has 0 bridgehead atoms. The normalized spacial score (nSPS) is 11.1. The lowest BCUT2D eigenvalue weighted by Crippen LogP contribution is -1.90. The highest BCUT2D eigenvalue weighted by molar-refractivity contribution is 7.25. The van der Waals surface area contributed by atoms with E-state index in [4.69, 9.17) is 9.47 Å². The average Bonchev–Trinajstić information content (AvgIpc) is 2.77. The van der Waals surface area contributed by atoms with Crippen molar-refractivity contribution < 1.29 is 9.47 Å². The molecule has 3 aromatic rings. The van der Waals surface area contributed by atoms with Crippen LogP contribution in [-0.2, 0) is 0 Å². The van der Waals surface area contributed by atoms with Crippen molar-refractivity contribution in [2.75, 3.05) is 13.2 Å². The molecular weight excluding hydrogens is 256 g/mol. The fourth-order valence-corrected chi connectivity index (χ4v) is 3.32. The van der Waals surface area contributed by atoms with E-state index in [2.05, 4.69) is 24.3 Å². The maximum Gasteiger partial charge on any atom is 0.119 e. The third kappa shape index (κ3) is 2.26. The second-order valence-electron chi connectivity index (χ2n) is 4.28. The molecule has 0 atom stereocenters. The zero-order valence-corrected chi connectivity index (χ0v) is 11.9. The molecule has 0 aliphatic heterocycles. The molecule has 0 saturated carbocycles. The fraction of sp³-hybridized carbons (Fsp3) is 0.250. The maximum absolute atomic E-state index is 5.58. The van der Waals surface area contributed by atoms with Crippen LogP contribution in [0.15, 0.2) is 36.4 Å². The van der Waals surface area contributed by atoms with Crippen LogP contribution >= 0.6 is 11.3 Å². The number of rotatable bonds is 4. The van der Waals surface area contributed by atoms with Gasteiger partial charge in [0.1, 0.15) is 11.5 Å². The van der Waals surface area contributed by atoms with E-state index in [-0.39, 0.29) is 0 Å². The largest absolute Gasteiger partial charge is 0.494 e. The van der Waals surface area contributed by atoms with E-state index in [9.17, 15) is 0 Å². The van der Waals surface area contributed by atoms with Crippen molar-refractivity contribution in [1.82, 2.24) is 0 Å². The highest BCUT2D eigenvalue weighted by Crippen LogP contribution is 2.37. The second-order valence-corrected chi connectivity index (χ2v) is 5.37. The highest BCUT2D eigenvalue weighted by atomic mass is 32.1. The molecule has 0 aliphatic rings. The van der Waals surface area contributed by atoms with Crippen LogP contribution in [0.2, 0.25) is 0 Å². The van der Waals surface area contributed by atoms with Crippen molar-refractivity contribution in [2.24, 2.45) is 0 Å². The Morgan fingerprint density at radius 1 is 0.789 bits per heavy atom. The standard InChI is InChI=1S/C16H16O2S/c1-3-17-11-5-7-15-13(9-11)14-10-12(18-4-2)6-8-16(14)19-15/h5-10H,3-4H2,1-2H3. The van der Waals surface area contributed by atoms with Crippen LogP contribution in [0.3, 0.4) is 0 Å². The van der Waals surface area contributed by atoms with Gasteiger partial charge in [0.05, 0.1) is 13.2 Å². The van der Waals surface area contributed by atoms with Crippen LogP contribution in [0.1, 0.15) is 13.8 Å². The summed E-state index contributed by atoms with van der Waals surface area (Å²) in [4.78, 5) is 0. The van der Waals surface area contributed by atoms with Gasteiger partial charge in [-0.05, 0) is 50.2 Å². The predicted octanol–water partition coefficient (Wildman–Crippen LogP) is 4.85. The average molecular weight is 272 g/mol. The Morgan fingerprint density at radius 3 is 1.68 bits per heavy atom. The van der Waals surface area contributed by atoms with Gasteiger partial charge in [-0.3, -0.25) is 0 Å². The molecule has 0 amide bonds. The quantitative estimate of drug-likeness (QED) is 0.675. The molecule has 3 rings (SSSR count). The molecule has 98 valence electrons. The highest BCUT2D eigenvalue weighted by Gasteiger charge is 2.07. The monoisotopic (exact) mass is 272 g/mol. The SMILES string of the molecule is CCOc1ccc2sc3ccc(OCC)cc3c2c1. The first-order chi connectivity index (χ1) is 9.31. The van der Waals surface area contributed by atoms with Crippen LogP contribution in [0.5, 0.6) is 11.5 Å². The summed E-state index contributed by atoms with van der Waals surface area (Å²) >= 11 is 1.80. The molecule has 19 heavy (non-hydrogen) atoms. The van der Waals surface area contributed by atoms with E-state index >= 15 is 0 Å². The van der Waals surface area contributed by atoms with Crippen LogP contribution < -0.4 is 9.47 Å². The minimum absolute atomic E-state index is 0.692. The molecule has 3 heteroatoms. The van der Waals surface area contributed by atoms with Crippen molar-refractivity contribution in [2.45, 2.75) is 13.8 Å². The number of fused-ring (bicyclic) bond motifs is 3. The van der Waals surface area contributed by atoms with E-state index in [1.54, 1.807) is 11.3 Å². The van der Waals surface area contributed by atoms with Gasteiger partial charge in [0, 0.05) is 20.2 Å². The Hall–Kier alpha value is -1.74. The summed E-state index contributed by atoms with van der Waals surface area (Å²) in [6.45, 7) is 5.39. The van der Waals surface area contributed by atoms with E-state index < -0.39 is 0 Å². The molecule has 0 aliphatic carbocycles. The summed E-state index contributed by atoms with van der Waals surface area (Å²) in [5.74, 6) is 1.85. The molecule has 0 N–H and O–H groups in total. The number of ether oxygens (including phenoxy) is 2. The number of thiophene rings is 1. The Morgan fingerprint density at radius 2 is 1.26 bits per heavy atom. The zero-order valence-electron chi connectivity index (χ0n) is 11.1. The molecule has 0 radical (unpaired) electrons. The number of hydrogen-bond acceptors (Lipinski definition) is 3. The van der Waals surface area contributed by atoms with Gasteiger partial charge in [-0.15, -0.1) is 11.3 Å². The van der Waals surface area contributed by atoms with Crippen molar-refractivity contribution >= 4 is 31.5 Å². The number of hydrogen-bond donors (Lipinski definition) is 0. The van der Waals surface area contributed by atoms with Crippen molar-refractivity contribution in [3.05, 3.63) is 36.4 Å². The van der Waals surface area contributed by atoms with Crippen LogP contribution in [0, 0.1) is 0 Å². The third-order valence-corrected chi connectivity index (χ3v) is 4.19. The lowest BCUT2D eigenvalue weighted by molar-refractivity contribution is 0.340. The van der Waals surface area contributed by atoms with Gasteiger partial charge in [0.2, 0.25) is 0 Å². The van der Waals surface area contributed by atoms with Gasteiger partial charge in [0.15, 0.2) is 0 Å². The van der Waals surface area contributed by atoms with Crippen molar-refractivity contribution in [3.63, 3.8) is 0 Å². The minimum Gasteiger partial charge on any atom is -0.494 e. The Kier molecular flexibility index (Phi) is 3.30. The summed E-state index contributed by atoms with van der Waals surface area (Å²) < 4.78 is 13.7. The summed E-state index contributed by atoms with van der Waals surface area (Å²) in [7, 11) is 0. The molecule has 1 heterocycles. The molecular formula is C16H16O2S. The second kappa shape index (κ2) is 5.10. The lowest BCUT2D eigenvalue weighted by Gasteiger charge is -2.04. The fourth-order valence-electron chi connectivity index (χ4n) is 2.25. The smallest absolute Gasteiger partial charge is 0.119 e. The lowest BCUT2D eigenvalue weighted by atomic mass is 10.1.